The molecule has 0 radical (unpaired) electrons. The topological polar surface area (TPSA) is 38.5 Å². The van der Waals surface area contributed by atoms with Gasteiger partial charge < -0.3 is 10.5 Å². The largest absolute Gasteiger partial charge is 0.377 e. The zero-order valence-electron chi connectivity index (χ0n) is 13.0. The van der Waals surface area contributed by atoms with Crippen molar-refractivity contribution >= 4 is 11.6 Å². The van der Waals surface area contributed by atoms with Crippen LogP contribution in [-0.4, -0.2) is 37.2 Å². The molecule has 1 aromatic carbocycles. The lowest BCUT2D eigenvalue weighted by Crippen LogP contribution is -2.40. The highest BCUT2D eigenvalue weighted by Gasteiger charge is 2.24. The second-order valence-corrected chi connectivity index (χ2v) is 5.85. The van der Waals surface area contributed by atoms with Crippen molar-refractivity contribution in [3.63, 3.8) is 0 Å². The fraction of sp³-hybridized carbons (Fsp3) is 0.625. The molecule has 1 aromatic rings. The second-order valence-electron chi connectivity index (χ2n) is 5.44. The van der Waals surface area contributed by atoms with E-state index in [4.69, 9.17) is 22.1 Å². The minimum absolute atomic E-state index is 0.0546. The molecule has 0 spiro atoms. The Morgan fingerprint density at radius 3 is 2.50 bits per heavy atom. The number of likely N-dealkylation sites (N-methyl/N-ethyl adjacent to an activating group) is 1. The van der Waals surface area contributed by atoms with Crippen LogP contribution in [0.3, 0.4) is 0 Å². The van der Waals surface area contributed by atoms with E-state index in [-0.39, 0.29) is 18.2 Å². The third-order valence-electron chi connectivity index (χ3n) is 3.47. The van der Waals surface area contributed by atoms with Crippen molar-refractivity contribution in [3.8, 4) is 0 Å². The molecule has 0 aliphatic rings. The van der Waals surface area contributed by atoms with Crippen LogP contribution in [0.15, 0.2) is 24.3 Å². The van der Waals surface area contributed by atoms with Crippen molar-refractivity contribution in [1.82, 2.24) is 4.90 Å². The van der Waals surface area contributed by atoms with Crippen LogP contribution in [0.25, 0.3) is 0 Å². The molecule has 2 atom stereocenters. The van der Waals surface area contributed by atoms with E-state index in [1.54, 1.807) is 0 Å². The first-order valence-corrected chi connectivity index (χ1v) is 7.67. The zero-order chi connectivity index (χ0) is 15.1. The first-order valence-electron chi connectivity index (χ1n) is 7.29. The highest BCUT2D eigenvalue weighted by Crippen LogP contribution is 2.29. The normalized spacial score (nSPS) is 14.8. The highest BCUT2D eigenvalue weighted by atomic mass is 35.5. The van der Waals surface area contributed by atoms with Gasteiger partial charge in [-0.1, -0.05) is 36.7 Å². The first-order chi connectivity index (χ1) is 9.47. The van der Waals surface area contributed by atoms with E-state index < -0.39 is 0 Å². The molecular formula is C16H27ClN2O. The molecular weight excluding hydrogens is 272 g/mol. The number of rotatable bonds is 8. The van der Waals surface area contributed by atoms with Crippen LogP contribution in [0.1, 0.15) is 38.8 Å². The molecule has 2 unspecified atom stereocenters. The Labute approximate surface area is 128 Å². The fourth-order valence-corrected chi connectivity index (χ4v) is 2.55. The molecule has 1 rings (SSSR count). The van der Waals surface area contributed by atoms with Crippen molar-refractivity contribution in [2.75, 3.05) is 20.2 Å². The maximum absolute atomic E-state index is 6.34. The fourth-order valence-electron chi connectivity index (χ4n) is 2.30. The van der Waals surface area contributed by atoms with Gasteiger partial charge in [-0.05, 0) is 38.9 Å². The summed E-state index contributed by atoms with van der Waals surface area (Å²) in [4.78, 5) is 2.23. The summed E-state index contributed by atoms with van der Waals surface area (Å²) in [6.45, 7) is 7.73. The average Bonchev–Trinajstić information content (AvgIpc) is 2.40. The molecule has 0 aliphatic carbocycles. The van der Waals surface area contributed by atoms with Crippen LogP contribution in [0.4, 0.5) is 0 Å². The van der Waals surface area contributed by atoms with E-state index in [1.807, 2.05) is 32.0 Å². The quantitative estimate of drug-likeness (QED) is 0.798. The van der Waals surface area contributed by atoms with E-state index >= 15 is 0 Å². The predicted molar refractivity (Wildman–Crippen MR) is 86.2 cm³/mol. The molecule has 0 heterocycles. The SMILES string of the molecule is CCC(N)C(c1ccccc1Cl)N(C)CCOC(C)C. The highest BCUT2D eigenvalue weighted by molar-refractivity contribution is 6.31. The first kappa shape index (κ1) is 17.4. The van der Waals surface area contributed by atoms with Crippen molar-refractivity contribution in [2.24, 2.45) is 5.73 Å². The predicted octanol–water partition coefficient (Wildman–Crippen LogP) is 3.48. The molecule has 114 valence electrons. The number of nitrogens with two attached hydrogens (primary N) is 1. The van der Waals surface area contributed by atoms with Gasteiger partial charge in [0.05, 0.1) is 18.8 Å². The van der Waals surface area contributed by atoms with Crippen LogP contribution < -0.4 is 5.73 Å². The molecule has 0 aliphatic heterocycles. The zero-order valence-corrected chi connectivity index (χ0v) is 13.7. The molecule has 3 nitrogen and oxygen atoms in total. The summed E-state index contributed by atoms with van der Waals surface area (Å²) in [6.07, 6.45) is 1.16. The summed E-state index contributed by atoms with van der Waals surface area (Å²) < 4.78 is 5.63. The van der Waals surface area contributed by atoms with E-state index in [0.29, 0.717) is 6.61 Å². The number of benzene rings is 1. The van der Waals surface area contributed by atoms with Crippen LogP contribution in [0.2, 0.25) is 5.02 Å². The molecule has 0 amide bonds. The summed E-state index contributed by atoms with van der Waals surface area (Å²) in [7, 11) is 2.08. The number of hydrogen-bond acceptors (Lipinski definition) is 3. The standard InChI is InChI=1S/C16H27ClN2O/c1-5-15(18)16(13-8-6-7-9-14(13)17)19(4)10-11-20-12(2)3/h6-9,12,15-16H,5,10-11,18H2,1-4H3. The second kappa shape index (κ2) is 8.63. The Bertz CT molecular complexity index is 398. The Balaban J connectivity index is 2.82. The molecule has 20 heavy (non-hydrogen) atoms. The Kier molecular flexibility index (Phi) is 7.52. The number of nitrogens with zero attached hydrogens (tertiary/aromatic N) is 1. The van der Waals surface area contributed by atoms with E-state index in [9.17, 15) is 0 Å². The lowest BCUT2D eigenvalue weighted by atomic mass is 9.96. The van der Waals surface area contributed by atoms with Gasteiger partial charge >= 0.3 is 0 Å². The van der Waals surface area contributed by atoms with Crippen LogP contribution >= 0.6 is 11.6 Å². The molecule has 4 heteroatoms. The summed E-state index contributed by atoms with van der Waals surface area (Å²) >= 11 is 6.34. The van der Waals surface area contributed by atoms with Gasteiger partial charge in [0.25, 0.3) is 0 Å². The van der Waals surface area contributed by atoms with Crippen LogP contribution in [0.5, 0.6) is 0 Å². The summed E-state index contributed by atoms with van der Waals surface area (Å²) in [5.41, 5.74) is 7.40. The van der Waals surface area contributed by atoms with Crippen LogP contribution in [-0.2, 0) is 4.74 Å². The van der Waals surface area contributed by atoms with Crippen molar-refractivity contribution in [1.29, 1.82) is 0 Å². The molecule has 0 saturated heterocycles. The van der Waals surface area contributed by atoms with Gasteiger partial charge in [0.2, 0.25) is 0 Å². The van der Waals surface area contributed by atoms with Gasteiger partial charge in [0.15, 0.2) is 0 Å². The minimum Gasteiger partial charge on any atom is -0.377 e. The number of hydrogen-bond donors (Lipinski definition) is 1. The van der Waals surface area contributed by atoms with Crippen molar-refractivity contribution in [2.45, 2.75) is 45.4 Å². The van der Waals surface area contributed by atoms with Gasteiger partial charge in [-0.2, -0.15) is 0 Å². The lowest BCUT2D eigenvalue weighted by molar-refractivity contribution is 0.0527. The monoisotopic (exact) mass is 298 g/mol. The maximum atomic E-state index is 6.34. The Hall–Kier alpha value is -0.610. The van der Waals surface area contributed by atoms with Crippen LogP contribution in [0, 0.1) is 0 Å². The molecule has 0 bridgehead atoms. The number of ether oxygens (including phenoxy) is 1. The van der Waals surface area contributed by atoms with Gasteiger partial charge in [-0.15, -0.1) is 0 Å². The smallest absolute Gasteiger partial charge is 0.0597 e. The van der Waals surface area contributed by atoms with Crippen molar-refractivity contribution < 1.29 is 4.74 Å². The Morgan fingerprint density at radius 2 is 1.95 bits per heavy atom. The molecule has 2 N–H and O–H groups in total. The van der Waals surface area contributed by atoms with Gasteiger partial charge in [-0.25, -0.2) is 0 Å². The average molecular weight is 299 g/mol. The molecule has 0 saturated carbocycles. The maximum Gasteiger partial charge on any atom is 0.0597 e. The third-order valence-corrected chi connectivity index (χ3v) is 3.82. The lowest BCUT2D eigenvalue weighted by Gasteiger charge is -2.33. The van der Waals surface area contributed by atoms with Gasteiger partial charge in [0.1, 0.15) is 0 Å². The van der Waals surface area contributed by atoms with E-state index in [0.717, 1.165) is 23.6 Å². The van der Waals surface area contributed by atoms with Crippen molar-refractivity contribution in [3.05, 3.63) is 34.9 Å². The Morgan fingerprint density at radius 1 is 1.30 bits per heavy atom. The summed E-state index contributed by atoms with van der Waals surface area (Å²) in [5, 5.41) is 0.776. The minimum atomic E-state index is 0.0546. The molecule has 0 aromatic heterocycles. The van der Waals surface area contributed by atoms with Gasteiger partial charge in [0, 0.05) is 17.6 Å². The number of halogens is 1. The van der Waals surface area contributed by atoms with Gasteiger partial charge in [-0.3, -0.25) is 4.90 Å². The van der Waals surface area contributed by atoms with E-state index in [1.165, 1.54) is 0 Å². The third kappa shape index (κ3) is 5.06. The summed E-state index contributed by atoms with van der Waals surface area (Å²) in [5.74, 6) is 0. The van der Waals surface area contributed by atoms with E-state index in [2.05, 4.69) is 24.9 Å². The summed E-state index contributed by atoms with van der Waals surface area (Å²) in [6, 6.07) is 8.10. The molecule has 0 fully saturated rings.